The zero-order chi connectivity index (χ0) is 13.1. The van der Waals surface area contributed by atoms with Crippen molar-refractivity contribution in [2.45, 2.75) is 0 Å². The molecule has 3 rings (SSSR count). The fourth-order valence-corrected chi connectivity index (χ4v) is 2.69. The van der Waals surface area contributed by atoms with Crippen molar-refractivity contribution in [1.82, 2.24) is 0 Å². The number of morpholine rings is 1. The van der Waals surface area contributed by atoms with Crippen LogP contribution < -0.4 is 4.90 Å². The summed E-state index contributed by atoms with van der Waals surface area (Å²) in [4.78, 5) is 2.38. The van der Waals surface area contributed by atoms with Gasteiger partial charge in [-0.05, 0) is 58.0 Å². The lowest BCUT2D eigenvalue weighted by Gasteiger charge is -2.28. The highest BCUT2D eigenvalue weighted by Crippen LogP contribution is 2.24. The predicted octanol–water partition coefficient (Wildman–Crippen LogP) is 3.79. The molecule has 1 aliphatic rings. The summed E-state index contributed by atoms with van der Waals surface area (Å²) in [6.07, 6.45) is 0. The third kappa shape index (κ3) is 3.09. The highest BCUT2D eigenvalue weighted by atomic mass is 127. The molecule has 19 heavy (non-hydrogen) atoms. The summed E-state index contributed by atoms with van der Waals surface area (Å²) in [7, 11) is 0. The van der Waals surface area contributed by atoms with Gasteiger partial charge in [0.15, 0.2) is 0 Å². The molecule has 2 aromatic carbocycles. The van der Waals surface area contributed by atoms with Crippen molar-refractivity contribution in [3.8, 4) is 11.1 Å². The Bertz CT molecular complexity index is 530. The average molecular weight is 365 g/mol. The standard InChI is InChI=1S/C16H16INO/c17-15-5-1-13(2-6-15)14-3-7-16(8-4-14)18-9-11-19-12-10-18/h1-8H,9-12H2. The highest BCUT2D eigenvalue weighted by molar-refractivity contribution is 14.1. The fraction of sp³-hybridized carbons (Fsp3) is 0.250. The van der Waals surface area contributed by atoms with E-state index in [2.05, 4.69) is 76.0 Å². The SMILES string of the molecule is Ic1ccc(-c2ccc(N3CCOCC3)cc2)cc1. The molecule has 0 amide bonds. The number of benzene rings is 2. The third-order valence-corrected chi connectivity index (χ3v) is 4.14. The molecular formula is C16H16INO. The molecule has 0 radical (unpaired) electrons. The topological polar surface area (TPSA) is 12.5 Å². The summed E-state index contributed by atoms with van der Waals surface area (Å²) in [6, 6.07) is 17.5. The van der Waals surface area contributed by atoms with Gasteiger partial charge in [0.05, 0.1) is 13.2 Å². The number of rotatable bonds is 2. The first-order valence-corrected chi connectivity index (χ1v) is 7.59. The quantitative estimate of drug-likeness (QED) is 0.751. The van der Waals surface area contributed by atoms with Crippen LogP contribution >= 0.6 is 22.6 Å². The van der Waals surface area contributed by atoms with E-state index < -0.39 is 0 Å². The average Bonchev–Trinajstić information content (AvgIpc) is 2.49. The van der Waals surface area contributed by atoms with E-state index >= 15 is 0 Å². The molecule has 0 saturated carbocycles. The summed E-state index contributed by atoms with van der Waals surface area (Å²) in [5, 5.41) is 0. The summed E-state index contributed by atoms with van der Waals surface area (Å²) in [5.74, 6) is 0. The number of hydrogen-bond donors (Lipinski definition) is 0. The van der Waals surface area contributed by atoms with E-state index in [0.717, 1.165) is 26.3 Å². The second-order valence-corrected chi connectivity index (χ2v) is 5.90. The van der Waals surface area contributed by atoms with Gasteiger partial charge in [-0.3, -0.25) is 0 Å². The first kappa shape index (κ1) is 12.9. The molecule has 0 aliphatic carbocycles. The fourth-order valence-electron chi connectivity index (χ4n) is 2.33. The van der Waals surface area contributed by atoms with E-state index in [9.17, 15) is 0 Å². The van der Waals surface area contributed by atoms with Crippen LogP contribution in [0.3, 0.4) is 0 Å². The zero-order valence-corrected chi connectivity index (χ0v) is 12.8. The van der Waals surface area contributed by atoms with Crippen molar-refractivity contribution in [3.05, 3.63) is 52.1 Å². The Morgan fingerprint density at radius 1 is 0.789 bits per heavy atom. The molecule has 1 fully saturated rings. The molecule has 0 atom stereocenters. The molecule has 1 aliphatic heterocycles. The number of hydrogen-bond acceptors (Lipinski definition) is 2. The van der Waals surface area contributed by atoms with Crippen molar-refractivity contribution >= 4 is 28.3 Å². The Hall–Kier alpha value is -1.07. The van der Waals surface area contributed by atoms with Crippen molar-refractivity contribution in [2.24, 2.45) is 0 Å². The molecule has 3 heteroatoms. The van der Waals surface area contributed by atoms with Gasteiger partial charge in [-0.15, -0.1) is 0 Å². The van der Waals surface area contributed by atoms with E-state index in [0.29, 0.717) is 0 Å². The smallest absolute Gasteiger partial charge is 0.0642 e. The molecule has 2 aromatic rings. The van der Waals surface area contributed by atoms with Gasteiger partial charge < -0.3 is 9.64 Å². The monoisotopic (exact) mass is 365 g/mol. The van der Waals surface area contributed by atoms with E-state index in [-0.39, 0.29) is 0 Å². The first-order valence-electron chi connectivity index (χ1n) is 6.52. The van der Waals surface area contributed by atoms with Crippen LogP contribution in [0.4, 0.5) is 5.69 Å². The normalized spacial score (nSPS) is 15.5. The molecule has 2 nitrogen and oxygen atoms in total. The summed E-state index contributed by atoms with van der Waals surface area (Å²) in [5.41, 5.74) is 3.83. The van der Waals surface area contributed by atoms with Crippen LogP contribution in [0, 0.1) is 3.57 Å². The molecular weight excluding hydrogens is 349 g/mol. The van der Waals surface area contributed by atoms with Gasteiger partial charge in [0.1, 0.15) is 0 Å². The van der Waals surface area contributed by atoms with Gasteiger partial charge in [-0.1, -0.05) is 24.3 Å². The Morgan fingerprint density at radius 3 is 1.89 bits per heavy atom. The first-order chi connectivity index (χ1) is 9.33. The molecule has 1 heterocycles. The van der Waals surface area contributed by atoms with Crippen LogP contribution in [-0.4, -0.2) is 26.3 Å². The summed E-state index contributed by atoms with van der Waals surface area (Å²) >= 11 is 2.33. The largest absolute Gasteiger partial charge is 0.378 e. The Labute approximate surface area is 127 Å². The summed E-state index contributed by atoms with van der Waals surface area (Å²) in [6.45, 7) is 3.64. The van der Waals surface area contributed by atoms with Gasteiger partial charge in [-0.25, -0.2) is 0 Å². The molecule has 0 bridgehead atoms. The van der Waals surface area contributed by atoms with E-state index in [1.807, 2.05) is 0 Å². The third-order valence-electron chi connectivity index (χ3n) is 3.42. The van der Waals surface area contributed by atoms with Crippen molar-refractivity contribution in [2.75, 3.05) is 31.2 Å². The molecule has 0 aromatic heterocycles. The van der Waals surface area contributed by atoms with Crippen LogP contribution in [0.15, 0.2) is 48.5 Å². The number of anilines is 1. The van der Waals surface area contributed by atoms with Crippen molar-refractivity contribution in [1.29, 1.82) is 0 Å². The van der Waals surface area contributed by atoms with Crippen molar-refractivity contribution < 1.29 is 4.74 Å². The predicted molar refractivity (Wildman–Crippen MR) is 87.6 cm³/mol. The molecule has 0 unspecified atom stereocenters. The van der Waals surface area contributed by atoms with Crippen LogP contribution in [0.5, 0.6) is 0 Å². The van der Waals surface area contributed by atoms with Gasteiger partial charge in [0.2, 0.25) is 0 Å². The van der Waals surface area contributed by atoms with Crippen LogP contribution in [0.2, 0.25) is 0 Å². The maximum Gasteiger partial charge on any atom is 0.0642 e. The van der Waals surface area contributed by atoms with Gasteiger partial charge >= 0.3 is 0 Å². The van der Waals surface area contributed by atoms with Gasteiger partial charge in [-0.2, -0.15) is 0 Å². The zero-order valence-electron chi connectivity index (χ0n) is 10.7. The number of ether oxygens (including phenoxy) is 1. The van der Waals surface area contributed by atoms with E-state index in [1.54, 1.807) is 0 Å². The van der Waals surface area contributed by atoms with Crippen molar-refractivity contribution in [3.63, 3.8) is 0 Å². The Kier molecular flexibility index (Phi) is 4.03. The lowest BCUT2D eigenvalue weighted by atomic mass is 10.1. The molecule has 0 spiro atoms. The minimum Gasteiger partial charge on any atom is -0.378 e. The van der Waals surface area contributed by atoms with Gasteiger partial charge in [0, 0.05) is 22.3 Å². The second-order valence-electron chi connectivity index (χ2n) is 4.65. The molecule has 1 saturated heterocycles. The molecule has 0 N–H and O–H groups in total. The minimum atomic E-state index is 0.832. The molecule has 98 valence electrons. The van der Waals surface area contributed by atoms with Gasteiger partial charge in [0.25, 0.3) is 0 Å². The summed E-state index contributed by atoms with van der Waals surface area (Å²) < 4.78 is 6.65. The minimum absolute atomic E-state index is 0.832. The number of halogens is 1. The highest BCUT2D eigenvalue weighted by Gasteiger charge is 2.10. The lowest BCUT2D eigenvalue weighted by Crippen LogP contribution is -2.36. The Morgan fingerprint density at radius 2 is 1.32 bits per heavy atom. The maximum atomic E-state index is 5.38. The second kappa shape index (κ2) is 5.92. The van der Waals surface area contributed by atoms with Crippen LogP contribution in [0.25, 0.3) is 11.1 Å². The maximum absolute atomic E-state index is 5.38. The van der Waals surface area contributed by atoms with E-state index in [1.165, 1.54) is 20.4 Å². The Balaban J connectivity index is 1.80. The van der Waals surface area contributed by atoms with Crippen LogP contribution in [-0.2, 0) is 4.74 Å². The lowest BCUT2D eigenvalue weighted by molar-refractivity contribution is 0.122. The number of nitrogens with zero attached hydrogens (tertiary/aromatic N) is 1. The van der Waals surface area contributed by atoms with E-state index in [4.69, 9.17) is 4.74 Å². The van der Waals surface area contributed by atoms with Crippen LogP contribution in [0.1, 0.15) is 0 Å².